The molecule has 0 fully saturated rings. The van der Waals surface area contributed by atoms with Crippen LogP contribution < -0.4 is 0 Å². The van der Waals surface area contributed by atoms with Crippen molar-refractivity contribution >= 4 is 17.4 Å². The van der Waals surface area contributed by atoms with Crippen LogP contribution >= 0.6 is 11.6 Å². The van der Waals surface area contributed by atoms with E-state index in [4.69, 9.17) is 11.6 Å². The number of Topliss-reactive ketones (excluding diaryl/α,β-unsaturated/α-hetero) is 1. The fraction of sp³-hybridized carbons (Fsp3) is 0.0833. The summed E-state index contributed by atoms with van der Waals surface area (Å²) in [5.74, 6) is -0.679. The molecule has 0 atom stereocenters. The van der Waals surface area contributed by atoms with Crippen molar-refractivity contribution in [3.63, 3.8) is 0 Å². The highest BCUT2D eigenvalue weighted by Gasteiger charge is 2.10. The van der Waals surface area contributed by atoms with Crippen LogP contribution in [0.25, 0.3) is 0 Å². The minimum Gasteiger partial charge on any atom is -0.292 e. The molecule has 3 nitrogen and oxygen atoms in total. The van der Waals surface area contributed by atoms with Gasteiger partial charge in [0.25, 0.3) is 0 Å². The summed E-state index contributed by atoms with van der Waals surface area (Å²) in [6, 6.07) is 4.23. The summed E-state index contributed by atoms with van der Waals surface area (Å²) < 4.78 is 12.6. The van der Waals surface area contributed by atoms with E-state index in [2.05, 4.69) is 9.97 Å². The van der Waals surface area contributed by atoms with Gasteiger partial charge in [-0.05, 0) is 23.8 Å². The highest BCUT2D eigenvalue weighted by atomic mass is 35.5. The molecular formula is C12H8ClFN2O. The van der Waals surface area contributed by atoms with E-state index in [1.807, 2.05) is 0 Å². The Bertz CT molecular complexity index is 542. The van der Waals surface area contributed by atoms with Crippen LogP contribution in [0.3, 0.4) is 0 Å². The SMILES string of the molecule is O=C(Cc1ccncc1Cl)c1ccc(F)cn1. The number of aromatic nitrogens is 2. The first kappa shape index (κ1) is 11.7. The van der Waals surface area contributed by atoms with Crippen LogP contribution in [0.2, 0.25) is 5.02 Å². The molecule has 17 heavy (non-hydrogen) atoms. The van der Waals surface area contributed by atoms with E-state index in [1.165, 1.54) is 18.3 Å². The molecule has 0 saturated carbocycles. The van der Waals surface area contributed by atoms with Crippen molar-refractivity contribution in [1.29, 1.82) is 0 Å². The Morgan fingerprint density at radius 2 is 2.12 bits per heavy atom. The summed E-state index contributed by atoms with van der Waals surface area (Å²) in [7, 11) is 0. The molecule has 0 spiro atoms. The van der Waals surface area contributed by atoms with Crippen LogP contribution in [0.1, 0.15) is 16.1 Å². The lowest BCUT2D eigenvalue weighted by Crippen LogP contribution is -2.06. The summed E-state index contributed by atoms with van der Waals surface area (Å²) in [6.07, 6.45) is 4.18. The van der Waals surface area contributed by atoms with Crippen molar-refractivity contribution in [1.82, 2.24) is 9.97 Å². The summed E-state index contributed by atoms with van der Waals surface area (Å²) in [5, 5.41) is 0.433. The maximum Gasteiger partial charge on any atom is 0.185 e. The topological polar surface area (TPSA) is 42.9 Å². The fourth-order valence-electron chi connectivity index (χ4n) is 1.35. The third-order valence-corrected chi connectivity index (χ3v) is 2.56. The molecule has 2 aromatic rings. The van der Waals surface area contributed by atoms with Crippen LogP contribution in [0.4, 0.5) is 4.39 Å². The molecular weight excluding hydrogens is 243 g/mol. The number of carbonyl (C=O) groups excluding carboxylic acids is 1. The lowest BCUT2D eigenvalue weighted by Gasteiger charge is -2.02. The summed E-state index contributed by atoms with van der Waals surface area (Å²) >= 11 is 5.89. The van der Waals surface area contributed by atoms with Crippen LogP contribution in [-0.2, 0) is 6.42 Å². The zero-order valence-electron chi connectivity index (χ0n) is 8.73. The van der Waals surface area contributed by atoms with E-state index in [0.717, 1.165) is 6.20 Å². The minimum absolute atomic E-state index is 0.125. The first-order valence-corrected chi connectivity index (χ1v) is 5.28. The van der Waals surface area contributed by atoms with E-state index >= 15 is 0 Å². The number of nitrogens with zero attached hydrogens (tertiary/aromatic N) is 2. The highest BCUT2D eigenvalue weighted by Crippen LogP contribution is 2.15. The van der Waals surface area contributed by atoms with Crippen molar-refractivity contribution in [2.24, 2.45) is 0 Å². The van der Waals surface area contributed by atoms with Crippen LogP contribution in [0, 0.1) is 5.82 Å². The number of carbonyl (C=O) groups is 1. The smallest absolute Gasteiger partial charge is 0.185 e. The van der Waals surface area contributed by atoms with Crippen molar-refractivity contribution in [2.75, 3.05) is 0 Å². The van der Waals surface area contributed by atoms with Gasteiger partial charge in [0.15, 0.2) is 5.78 Å². The molecule has 0 aliphatic carbocycles. The second-order valence-electron chi connectivity index (χ2n) is 3.43. The molecule has 0 radical (unpaired) electrons. The number of rotatable bonds is 3. The molecule has 0 N–H and O–H groups in total. The summed E-state index contributed by atoms with van der Waals surface area (Å²) in [4.78, 5) is 19.4. The predicted octanol–water partition coefficient (Wildman–Crippen LogP) is 2.69. The standard InChI is InChI=1S/C12H8ClFN2O/c13-10-7-15-4-3-8(10)5-12(17)11-2-1-9(14)6-16-11/h1-4,6-7H,5H2. The lowest BCUT2D eigenvalue weighted by molar-refractivity contribution is 0.0988. The summed E-state index contributed by atoms with van der Waals surface area (Å²) in [6.45, 7) is 0. The van der Waals surface area contributed by atoms with Gasteiger partial charge in [-0.1, -0.05) is 11.6 Å². The zero-order valence-corrected chi connectivity index (χ0v) is 9.49. The Hall–Kier alpha value is -1.81. The number of pyridine rings is 2. The fourth-order valence-corrected chi connectivity index (χ4v) is 1.54. The Balaban J connectivity index is 2.17. The van der Waals surface area contributed by atoms with Gasteiger partial charge in [0.05, 0.1) is 11.2 Å². The van der Waals surface area contributed by atoms with Crippen LogP contribution in [0.15, 0.2) is 36.8 Å². The van der Waals surface area contributed by atoms with Crippen LogP contribution in [0.5, 0.6) is 0 Å². The molecule has 86 valence electrons. The Kier molecular flexibility index (Phi) is 3.44. The average Bonchev–Trinajstić information content (AvgIpc) is 2.33. The second kappa shape index (κ2) is 5.01. The Labute approximate surface area is 102 Å². The van der Waals surface area contributed by atoms with Crippen molar-refractivity contribution in [2.45, 2.75) is 6.42 Å². The van der Waals surface area contributed by atoms with Crippen molar-refractivity contribution in [3.05, 3.63) is 58.9 Å². The second-order valence-corrected chi connectivity index (χ2v) is 3.84. The molecule has 0 aliphatic rings. The molecule has 2 aromatic heterocycles. The van der Waals surface area contributed by atoms with Gasteiger partial charge in [-0.2, -0.15) is 0 Å². The van der Waals surface area contributed by atoms with E-state index in [0.29, 0.717) is 10.6 Å². The van der Waals surface area contributed by atoms with Gasteiger partial charge in [-0.15, -0.1) is 0 Å². The third kappa shape index (κ3) is 2.85. The van der Waals surface area contributed by atoms with Crippen molar-refractivity contribution in [3.8, 4) is 0 Å². The van der Waals surface area contributed by atoms with Gasteiger partial charge >= 0.3 is 0 Å². The average molecular weight is 251 g/mol. The maximum absolute atomic E-state index is 12.6. The number of ketones is 1. The lowest BCUT2D eigenvalue weighted by atomic mass is 10.1. The van der Waals surface area contributed by atoms with Gasteiger partial charge in [-0.25, -0.2) is 4.39 Å². The van der Waals surface area contributed by atoms with Gasteiger partial charge in [0.2, 0.25) is 0 Å². The highest BCUT2D eigenvalue weighted by molar-refractivity contribution is 6.31. The van der Waals surface area contributed by atoms with Gasteiger partial charge < -0.3 is 0 Å². The third-order valence-electron chi connectivity index (χ3n) is 2.22. The minimum atomic E-state index is -0.469. The monoisotopic (exact) mass is 250 g/mol. The number of halogens is 2. The quantitative estimate of drug-likeness (QED) is 0.787. The van der Waals surface area contributed by atoms with E-state index < -0.39 is 5.82 Å². The van der Waals surface area contributed by atoms with Crippen LogP contribution in [-0.4, -0.2) is 15.8 Å². The molecule has 0 aromatic carbocycles. The van der Waals surface area contributed by atoms with E-state index in [9.17, 15) is 9.18 Å². The molecule has 0 unspecified atom stereocenters. The van der Waals surface area contributed by atoms with E-state index in [1.54, 1.807) is 12.3 Å². The Morgan fingerprint density at radius 3 is 2.76 bits per heavy atom. The number of hydrogen-bond acceptors (Lipinski definition) is 3. The van der Waals surface area contributed by atoms with Gasteiger partial charge in [0.1, 0.15) is 11.5 Å². The first-order valence-electron chi connectivity index (χ1n) is 4.90. The zero-order chi connectivity index (χ0) is 12.3. The normalized spacial score (nSPS) is 10.2. The van der Waals surface area contributed by atoms with Gasteiger partial charge in [0, 0.05) is 18.8 Å². The molecule has 2 heterocycles. The number of hydrogen-bond donors (Lipinski definition) is 0. The largest absolute Gasteiger partial charge is 0.292 e. The Morgan fingerprint density at radius 1 is 1.29 bits per heavy atom. The van der Waals surface area contributed by atoms with Crippen molar-refractivity contribution < 1.29 is 9.18 Å². The molecule has 0 saturated heterocycles. The van der Waals surface area contributed by atoms with Gasteiger partial charge in [-0.3, -0.25) is 14.8 Å². The molecule has 5 heteroatoms. The first-order chi connectivity index (χ1) is 8.16. The molecule has 0 aliphatic heterocycles. The van der Waals surface area contributed by atoms with E-state index in [-0.39, 0.29) is 17.9 Å². The maximum atomic E-state index is 12.6. The summed E-state index contributed by atoms with van der Waals surface area (Å²) in [5.41, 5.74) is 0.900. The molecule has 2 rings (SSSR count). The molecule has 0 amide bonds. The molecule has 0 bridgehead atoms. The predicted molar refractivity (Wildman–Crippen MR) is 61.5 cm³/mol.